The van der Waals surface area contributed by atoms with Crippen LogP contribution in [0.25, 0.3) is 11.1 Å². The predicted molar refractivity (Wildman–Crippen MR) is 133 cm³/mol. The van der Waals surface area contributed by atoms with Crippen LogP contribution in [0.4, 0.5) is 4.79 Å². The molecule has 2 aromatic carbocycles. The van der Waals surface area contributed by atoms with Crippen molar-refractivity contribution in [3.05, 3.63) is 59.7 Å². The van der Waals surface area contributed by atoms with Crippen LogP contribution >= 0.6 is 0 Å². The van der Waals surface area contributed by atoms with Crippen molar-refractivity contribution in [2.45, 2.75) is 69.9 Å². The Kier molecular flexibility index (Phi) is 8.06. The van der Waals surface area contributed by atoms with E-state index in [9.17, 15) is 19.5 Å². The average molecular weight is 479 g/mol. The first kappa shape index (κ1) is 24.8. The van der Waals surface area contributed by atoms with E-state index in [1.807, 2.05) is 31.2 Å². The fraction of sp³-hybridized carbons (Fsp3) is 0.464. The Morgan fingerprint density at radius 2 is 1.63 bits per heavy atom. The largest absolute Gasteiger partial charge is 0.481 e. The standard InChI is InChI=1S/C28H34N2O5/c1-2-3-8-19(16-26(31)32)29-27(33)25(15-18-13-14-18)30-28(34)35-17-24-22-11-6-4-9-20(22)21-10-5-7-12-23(21)24/h4-7,9-12,18-19,24-25H,2-3,8,13-17H2,1H3,(H,29,33)(H,30,34)(H,31,32)/t19-,25?/m0/s1. The van der Waals surface area contributed by atoms with E-state index in [0.717, 1.165) is 47.9 Å². The molecule has 1 unspecified atom stereocenters. The highest BCUT2D eigenvalue weighted by Gasteiger charge is 2.33. The molecule has 1 saturated carbocycles. The number of fused-ring (bicyclic) bond motifs is 3. The third-order valence-corrected chi connectivity index (χ3v) is 6.89. The molecule has 2 aliphatic rings. The van der Waals surface area contributed by atoms with Crippen LogP contribution in [0.1, 0.15) is 68.9 Å². The average Bonchev–Trinajstić information content (AvgIpc) is 3.61. The van der Waals surface area contributed by atoms with Gasteiger partial charge in [0.05, 0.1) is 6.42 Å². The molecule has 4 rings (SSSR count). The summed E-state index contributed by atoms with van der Waals surface area (Å²) in [5, 5.41) is 14.8. The number of aliphatic carboxylic acids is 1. The van der Waals surface area contributed by atoms with Crippen LogP contribution in [0.3, 0.4) is 0 Å². The maximum absolute atomic E-state index is 13.0. The number of carbonyl (C=O) groups excluding carboxylic acids is 2. The summed E-state index contributed by atoms with van der Waals surface area (Å²) in [4.78, 5) is 37.0. The van der Waals surface area contributed by atoms with Crippen LogP contribution in [0.2, 0.25) is 0 Å². The lowest BCUT2D eigenvalue weighted by Gasteiger charge is -2.23. The minimum absolute atomic E-state index is 0.0575. The lowest BCUT2D eigenvalue weighted by Crippen LogP contribution is -2.50. The maximum Gasteiger partial charge on any atom is 0.407 e. The summed E-state index contributed by atoms with van der Waals surface area (Å²) in [6, 6.07) is 15.1. The van der Waals surface area contributed by atoms with E-state index in [1.54, 1.807) is 0 Å². The van der Waals surface area contributed by atoms with Crippen LogP contribution in [-0.2, 0) is 14.3 Å². The molecule has 7 heteroatoms. The Labute approximate surface area is 206 Å². The maximum atomic E-state index is 13.0. The molecule has 7 nitrogen and oxygen atoms in total. The van der Waals surface area contributed by atoms with E-state index in [1.165, 1.54) is 0 Å². The smallest absolute Gasteiger partial charge is 0.407 e. The number of unbranched alkanes of at least 4 members (excludes halogenated alkanes) is 1. The van der Waals surface area contributed by atoms with Crippen molar-refractivity contribution in [1.29, 1.82) is 0 Å². The zero-order valence-corrected chi connectivity index (χ0v) is 20.2. The van der Waals surface area contributed by atoms with E-state index in [0.29, 0.717) is 18.8 Å². The fourth-order valence-electron chi connectivity index (χ4n) is 4.89. The molecular weight excluding hydrogens is 444 g/mol. The van der Waals surface area contributed by atoms with Crippen molar-refractivity contribution in [2.24, 2.45) is 5.92 Å². The van der Waals surface area contributed by atoms with Crippen molar-refractivity contribution < 1.29 is 24.2 Å². The quantitative estimate of drug-likeness (QED) is 0.405. The van der Waals surface area contributed by atoms with Crippen molar-refractivity contribution >= 4 is 18.0 Å². The zero-order valence-electron chi connectivity index (χ0n) is 20.2. The summed E-state index contributed by atoms with van der Waals surface area (Å²) in [6.07, 6.45) is 4.16. The minimum Gasteiger partial charge on any atom is -0.481 e. The predicted octanol–water partition coefficient (Wildman–Crippen LogP) is 4.84. The number of benzene rings is 2. The highest BCUT2D eigenvalue weighted by molar-refractivity contribution is 5.86. The number of rotatable bonds is 12. The molecule has 0 spiro atoms. The van der Waals surface area contributed by atoms with Gasteiger partial charge in [0.1, 0.15) is 12.6 Å². The molecule has 0 aromatic heterocycles. The first-order chi connectivity index (χ1) is 17.0. The molecule has 2 aromatic rings. The van der Waals surface area contributed by atoms with Gasteiger partial charge in [0, 0.05) is 12.0 Å². The summed E-state index contributed by atoms with van der Waals surface area (Å²) in [5.74, 6) is -0.951. The Morgan fingerprint density at radius 3 is 2.20 bits per heavy atom. The van der Waals surface area contributed by atoms with Crippen molar-refractivity contribution in [3.63, 3.8) is 0 Å². The molecule has 2 aliphatic carbocycles. The van der Waals surface area contributed by atoms with Crippen LogP contribution in [-0.4, -0.2) is 41.8 Å². The number of carboxylic acid groups (broad SMARTS) is 1. The topological polar surface area (TPSA) is 105 Å². The molecule has 2 atom stereocenters. The van der Waals surface area contributed by atoms with E-state index in [4.69, 9.17) is 4.74 Å². The van der Waals surface area contributed by atoms with Gasteiger partial charge in [0.25, 0.3) is 0 Å². The molecule has 0 aliphatic heterocycles. The number of ether oxygens (including phenoxy) is 1. The molecule has 0 radical (unpaired) electrons. The number of amides is 2. The van der Waals surface area contributed by atoms with Gasteiger partial charge in [0.15, 0.2) is 0 Å². The molecule has 0 heterocycles. The Bertz CT molecular complexity index is 1020. The van der Waals surface area contributed by atoms with Gasteiger partial charge in [-0.05, 0) is 41.0 Å². The van der Waals surface area contributed by atoms with Gasteiger partial charge in [-0.15, -0.1) is 0 Å². The van der Waals surface area contributed by atoms with Crippen LogP contribution in [0.5, 0.6) is 0 Å². The number of carbonyl (C=O) groups is 3. The molecule has 35 heavy (non-hydrogen) atoms. The number of nitrogens with one attached hydrogen (secondary N) is 2. The van der Waals surface area contributed by atoms with E-state index < -0.39 is 24.1 Å². The van der Waals surface area contributed by atoms with Crippen LogP contribution < -0.4 is 10.6 Å². The second-order valence-corrected chi connectivity index (χ2v) is 9.65. The molecule has 1 fully saturated rings. The van der Waals surface area contributed by atoms with E-state index in [2.05, 4.69) is 34.9 Å². The van der Waals surface area contributed by atoms with Crippen molar-refractivity contribution in [3.8, 4) is 11.1 Å². The number of hydrogen-bond donors (Lipinski definition) is 3. The van der Waals surface area contributed by atoms with Gasteiger partial charge in [-0.3, -0.25) is 9.59 Å². The van der Waals surface area contributed by atoms with E-state index in [-0.39, 0.29) is 24.9 Å². The van der Waals surface area contributed by atoms with Gasteiger partial charge in [-0.25, -0.2) is 4.79 Å². The Hall–Kier alpha value is -3.35. The fourth-order valence-corrected chi connectivity index (χ4v) is 4.89. The highest BCUT2D eigenvalue weighted by atomic mass is 16.5. The minimum atomic E-state index is -0.949. The third kappa shape index (κ3) is 6.41. The number of hydrogen-bond acceptors (Lipinski definition) is 4. The summed E-state index contributed by atoms with van der Waals surface area (Å²) in [6.45, 7) is 2.20. The zero-order chi connectivity index (χ0) is 24.8. The SMILES string of the molecule is CCCC[C@@H](CC(=O)O)NC(=O)C(CC1CC1)NC(=O)OCC1c2ccccc2-c2ccccc21. The van der Waals surface area contributed by atoms with Gasteiger partial charge in [-0.2, -0.15) is 0 Å². The second-order valence-electron chi connectivity index (χ2n) is 9.65. The van der Waals surface area contributed by atoms with Crippen LogP contribution in [0, 0.1) is 5.92 Å². The number of alkyl carbamates (subject to hydrolysis) is 1. The summed E-state index contributed by atoms with van der Waals surface area (Å²) >= 11 is 0. The molecule has 2 amide bonds. The van der Waals surface area contributed by atoms with Gasteiger partial charge in [-0.1, -0.05) is 81.1 Å². The molecule has 0 saturated heterocycles. The first-order valence-electron chi connectivity index (χ1n) is 12.6. The van der Waals surface area contributed by atoms with Crippen molar-refractivity contribution in [1.82, 2.24) is 10.6 Å². The van der Waals surface area contributed by atoms with E-state index >= 15 is 0 Å². The lowest BCUT2D eigenvalue weighted by atomic mass is 9.98. The summed E-state index contributed by atoms with van der Waals surface area (Å²) in [5.41, 5.74) is 4.56. The summed E-state index contributed by atoms with van der Waals surface area (Å²) in [7, 11) is 0. The van der Waals surface area contributed by atoms with Crippen molar-refractivity contribution in [2.75, 3.05) is 6.61 Å². The molecular formula is C28H34N2O5. The normalized spacial score (nSPS) is 16.0. The molecule has 3 N–H and O–H groups in total. The molecule has 186 valence electrons. The first-order valence-corrected chi connectivity index (χ1v) is 12.6. The highest BCUT2D eigenvalue weighted by Crippen LogP contribution is 2.44. The van der Waals surface area contributed by atoms with Gasteiger partial charge >= 0.3 is 12.1 Å². The summed E-state index contributed by atoms with van der Waals surface area (Å²) < 4.78 is 5.63. The monoisotopic (exact) mass is 478 g/mol. The Morgan fingerprint density at radius 1 is 1.00 bits per heavy atom. The second kappa shape index (κ2) is 11.4. The Balaban J connectivity index is 1.38. The molecule has 0 bridgehead atoms. The third-order valence-electron chi connectivity index (χ3n) is 6.89. The lowest BCUT2D eigenvalue weighted by molar-refractivity contribution is -0.137. The van der Waals surface area contributed by atoms with Gasteiger partial charge < -0.3 is 20.5 Å². The number of carboxylic acids is 1. The van der Waals surface area contributed by atoms with Gasteiger partial charge in [0.2, 0.25) is 5.91 Å². The van der Waals surface area contributed by atoms with Crippen LogP contribution in [0.15, 0.2) is 48.5 Å².